The summed E-state index contributed by atoms with van der Waals surface area (Å²) in [6.07, 6.45) is 1.52. The summed E-state index contributed by atoms with van der Waals surface area (Å²) in [5.41, 5.74) is 6.64. The largest absolute Gasteiger partial charge is 0.369 e. The van der Waals surface area contributed by atoms with E-state index < -0.39 is 0 Å². The number of nitrogens with one attached hydrogen (secondary N) is 1. The van der Waals surface area contributed by atoms with Crippen molar-refractivity contribution in [3.8, 4) is 5.69 Å². The number of anilines is 1. The predicted octanol–water partition coefficient (Wildman–Crippen LogP) is 1.34. The lowest BCUT2D eigenvalue weighted by Gasteiger charge is -2.03. The number of halogens is 1. The summed E-state index contributed by atoms with van der Waals surface area (Å²) in [7, 11) is 0. The maximum absolute atomic E-state index is 11.6. The standard InChI is InChI=1S/C11H8ClN5O/c12-6-1-3-7(4-2-6)17-5-14-8-9(17)15-11(13)16-10(8)18/h1-5H,(H3,13,15,16,18). The lowest BCUT2D eigenvalue weighted by Crippen LogP contribution is -2.11. The van der Waals surface area contributed by atoms with Gasteiger partial charge in [0.2, 0.25) is 5.95 Å². The molecule has 1 aromatic carbocycles. The van der Waals surface area contributed by atoms with Gasteiger partial charge in [0.15, 0.2) is 11.2 Å². The molecule has 0 aliphatic heterocycles. The number of fused-ring (bicyclic) bond motifs is 1. The number of hydrogen-bond donors (Lipinski definition) is 2. The predicted molar refractivity (Wildman–Crippen MR) is 68.9 cm³/mol. The lowest BCUT2D eigenvalue weighted by molar-refractivity contribution is 1.06. The Hall–Kier alpha value is -2.34. The summed E-state index contributed by atoms with van der Waals surface area (Å²) >= 11 is 5.83. The molecule has 2 aromatic heterocycles. The van der Waals surface area contributed by atoms with Gasteiger partial charge in [0.1, 0.15) is 6.33 Å². The van der Waals surface area contributed by atoms with Crippen molar-refractivity contribution in [1.82, 2.24) is 19.5 Å². The molecular weight excluding hydrogens is 254 g/mol. The van der Waals surface area contributed by atoms with Crippen molar-refractivity contribution in [2.24, 2.45) is 0 Å². The van der Waals surface area contributed by atoms with Crippen LogP contribution in [0.4, 0.5) is 5.95 Å². The molecule has 7 heteroatoms. The zero-order valence-corrected chi connectivity index (χ0v) is 9.85. The zero-order valence-electron chi connectivity index (χ0n) is 9.09. The molecule has 0 bridgehead atoms. The molecule has 0 radical (unpaired) electrons. The Bertz CT molecular complexity index is 774. The third kappa shape index (κ3) is 1.63. The van der Waals surface area contributed by atoms with Crippen LogP contribution in [0.2, 0.25) is 5.02 Å². The third-order valence-corrected chi connectivity index (χ3v) is 2.78. The molecule has 18 heavy (non-hydrogen) atoms. The quantitative estimate of drug-likeness (QED) is 0.692. The molecule has 3 rings (SSSR count). The smallest absolute Gasteiger partial charge is 0.280 e. The summed E-state index contributed by atoms with van der Waals surface area (Å²) in [4.78, 5) is 22.1. The van der Waals surface area contributed by atoms with Crippen LogP contribution in [0, 0.1) is 0 Å². The Balaban J connectivity index is 2.30. The van der Waals surface area contributed by atoms with E-state index in [1.54, 1.807) is 16.7 Å². The van der Waals surface area contributed by atoms with E-state index in [2.05, 4.69) is 15.0 Å². The molecule has 0 saturated carbocycles. The molecule has 0 spiro atoms. The minimum atomic E-state index is -0.356. The molecule has 0 atom stereocenters. The SMILES string of the molecule is Nc1nc2c(ncn2-c2ccc(Cl)cc2)c(=O)[nH]1. The van der Waals surface area contributed by atoms with Gasteiger partial charge in [0, 0.05) is 10.7 Å². The van der Waals surface area contributed by atoms with Crippen LogP contribution >= 0.6 is 11.6 Å². The van der Waals surface area contributed by atoms with Crippen molar-refractivity contribution in [2.75, 3.05) is 5.73 Å². The second kappa shape index (κ2) is 3.85. The average molecular weight is 262 g/mol. The van der Waals surface area contributed by atoms with E-state index in [9.17, 15) is 4.79 Å². The number of aromatic amines is 1. The van der Waals surface area contributed by atoms with Gasteiger partial charge in [0.25, 0.3) is 5.56 Å². The number of imidazole rings is 1. The number of nitrogens with two attached hydrogens (primary N) is 1. The zero-order chi connectivity index (χ0) is 12.7. The van der Waals surface area contributed by atoms with E-state index in [1.807, 2.05) is 12.1 Å². The highest BCUT2D eigenvalue weighted by Gasteiger charge is 2.10. The number of H-pyrrole nitrogens is 1. The number of rotatable bonds is 1. The molecule has 0 amide bonds. The highest BCUT2D eigenvalue weighted by molar-refractivity contribution is 6.30. The van der Waals surface area contributed by atoms with Crippen LogP contribution < -0.4 is 11.3 Å². The molecule has 6 nitrogen and oxygen atoms in total. The van der Waals surface area contributed by atoms with Crippen molar-refractivity contribution < 1.29 is 0 Å². The summed E-state index contributed by atoms with van der Waals surface area (Å²) in [6, 6.07) is 7.11. The Kier molecular flexibility index (Phi) is 2.31. The fourth-order valence-electron chi connectivity index (χ4n) is 1.72. The summed E-state index contributed by atoms with van der Waals surface area (Å²) in [6.45, 7) is 0. The van der Waals surface area contributed by atoms with Gasteiger partial charge in [-0.3, -0.25) is 14.3 Å². The molecule has 0 unspecified atom stereocenters. The monoisotopic (exact) mass is 261 g/mol. The van der Waals surface area contributed by atoms with Gasteiger partial charge >= 0.3 is 0 Å². The molecular formula is C11H8ClN5O. The summed E-state index contributed by atoms with van der Waals surface area (Å²) < 4.78 is 1.68. The van der Waals surface area contributed by atoms with Gasteiger partial charge in [-0.15, -0.1) is 0 Å². The number of aromatic nitrogens is 4. The average Bonchev–Trinajstić information content (AvgIpc) is 2.74. The van der Waals surface area contributed by atoms with E-state index in [4.69, 9.17) is 17.3 Å². The van der Waals surface area contributed by atoms with Gasteiger partial charge in [0.05, 0.1) is 0 Å². The summed E-state index contributed by atoms with van der Waals surface area (Å²) in [5, 5.41) is 0.633. The van der Waals surface area contributed by atoms with Crippen LogP contribution in [-0.4, -0.2) is 19.5 Å². The minimum Gasteiger partial charge on any atom is -0.369 e. The molecule has 0 aliphatic carbocycles. The van der Waals surface area contributed by atoms with Gasteiger partial charge in [-0.2, -0.15) is 4.98 Å². The van der Waals surface area contributed by atoms with Crippen LogP contribution in [0.1, 0.15) is 0 Å². The highest BCUT2D eigenvalue weighted by atomic mass is 35.5. The fraction of sp³-hybridized carbons (Fsp3) is 0. The molecule has 0 aliphatic rings. The molecule has 90 valence electrons. The number of hydrogen-bond acceptors (Lipinski definition) is 4. The maximum Gasteiger partial charge on any atom is 0.280 e. The lowest BCUT2D eigenvalue weighted by atomic mass is 10.3. The van der Waals surface area contributed by atoms with Crippen molar-refractivity contribution in [3.63, 3.8) is 0 Å². The first kappa shape index (κ1) is 10.8. The first-order chi connectivity index (χ1) is 8.65. The maximum atomic E-state index is 11.6. The highest BCUT2D eigenvalue weighted by Crippen LogP contribution is 2.17. The Morgan fingerprint density at radius 1 is 1.28 bits per heavy atom. The first-order valence-corrected chi connectivity index (χ1v) is 5.52. The van der Waals surface area contributed by atoms with Crippen LogP contribution in [0.3, 0.4) is 0 Å². The molecule has 0 saturated heterocycles. The van der Waals surface area contributed by atoms with Crippen molar-refractivity contribution >= 4 is 28.7 Å². The van der Waals surface area contributed by atoms with Crippen LogP contribution in [0.5, 0.6) is 0 Å². The van der Waals surface area contributed by atoms with E-state index in [1.165, 1.54) is 6.33 Å². The van der Waals surface area contributed by atoms with Crippen molar-refractivity contribution in [3.05, 3.63) is 46.0 Å². The van der Waals surface area contributed by atoms with Gasteiger partial charge in [-0.05, 0) is 24.3 Å². The van der Waals surface area contributed by atoms with E-state index >= 15 is 0 Å². The van der Waals surface area contributed by atoms with Crippen LogP contribution in [0.15, 0.2) is 35.4 Å². The molecule has 0 fully saturated rings. The minimum absolute atomic E-state index is 0.0585. The molecule has 3 aromatic rings. The number of nitrogen functional groups attached to an aromatic ring is 1. The molecule has 3 N–H and O–H groups in total. The van der Waals surface area contributed by atoms with Crippen molar-refractivity contribution in [1.29, 1.82) is 0 Å². The van der Waals surface area contributed by atoms with Crippen LogP contribution in [0.25, 0.3) is 16.9 Å². The molecule has 2 heterocycles. The number of benzene rings is 1. The first-order valence-electron chi connectivity index (χ1n) is 5.14. The second-order valence-corrected chi connectivity index (χ2v) is 4.15. The van der Waals surface area contributed by atoms with Gasteiger partial charge < -0.3 is 5.73 Å². The van der Waals surface area contributed by atoms with Gasteiger partial charge in [-0.25, -0.2) is 4.98 Å². The normalized spacial score (nSPS) is 10.9. The van der Waals surface area contributed by atoms with Crippen molar-refractivity contribution in [2.45, 2.75) is 0 Å². The van der Waals surface area contributed by atoms with E-state index in [0.717, 1.165) is 5.69 Å². The van der Waals surface area contributed by atoms with Crippen LogP contribution in [-0.2, 0) is 0 Å². The van der Waals surface area contributed by atoms with E-state index in [0.29, 0.717) is 10.7 Å². The Morgan fingerprint density at radius 2 is 2.00 bits per heavy atom. The third-order valence-electron chi connectivity index (χ3n) is 2.53. The number of nitrogens with zero attached hydrogens (tertiary/aromatic N) is 3. The fourth-order valence-corrected chi connectivity index (χ4v) is 1.84. The topological polar surface area (TPSA) is 89.6 Å². The summed E-state index contributed by atoms with van der Waals surface area (Å²) in [5.74, 6) is 0.0585. The Labute approximate surface area is 106 Å². The van der Waals surface area contributed by atoms with E-state index in [-0.39, 0.29) is 17.0 Å². The van der Waals surface area contributed by atoms with Gasteiger partial charge in [-0.1, -0.05) is 11.6 Å². The Morgan fingerprint density at radius 3 is 2.72 bits per heavy atom. The second-order valence-electron chi connectivity index (χ2n) is 3.71.